The van der Waals surface area contributed by atoms with E-state index in [1.165, 1.54) is 17.6 Å². The number of carbonyl (C=O) groups excluding carboxylic acids is 2. The van der Waals surface area contributed by atoms with Crippen molar-refractivity contribution < 1.29 is 14.0 Å². The van der Waals surface area contributed by atoms with Crippen molar-refractivity contribution in [2.45, 2.75) is 19.3 Å². The normalized spacial score (nSPS) is 15.2. The Morgan fingerprint density at radius 3 is 2.85 bits per heavy atom. The molecule has 3 aromatic rings. The summed E-state index contributed by atoms with van der Waals surface area (Å²) in [5, 5.41) is 5.11. The number of hydrogen-bond donors (Lipinski definition) is 1. The zero-order valence-electron chi connectivity index (χ0n) is 14.6. The van der Waals surface area contributed by atoms with Gasteiger partial charge < -0.3 is 9.32 Å². The quantitative estimate of drug-likeness (QED) is 0.761. The second-order valence-corrected chi connectivity index (χ2v) is 7.55. The van der Waals surface area contributed by atoms with Crippen LogP contribution in [0.3, 0.4) is 0 Å². The number of amides is 2. The molecular weight excluding hydrogens is 350 g/mol. The lowest BCUT2D eigenvalue weighted by Crippen LogP contribution is -2.33. The maximum Gasteiger partial charge on any atom is 0.293 e. The Hall–Kier alpha value is -2.93. The Kier molecular flexibility index (Phi) is 3.69. The number of furan rings is 1. The van der Waals surface area contributed by atoms with Gasteiger partial charge in [-0.2, -0.15) is 0 Å². The van der Waals surface area contributed by atoms with Gasteiger partial charge in [-0.05, 0) is 43.7 Å². The number of benzene rings is 1. The fourth-order valence-corrected chi connectivity index (χ4v) is 3.88. The molecule has 1 N–H and O–H groups in total. The van der Waals surface area contributed by atoms with E-state index < -0.39 is 5.41 Å². The number of likely N-dealkylation sites (N-methyl/N-ethyl adjacent to an activating group) is 1. The first-order chi connectivity index (χ1) is 12.4. The Morgan fingerprint density at radius 2 is 2.12 bits per heavy atom. The lowest BCUT2D eigenvalue weighted by Gasteiger charge is -2.16. The second kappa shape index (κ2) is 5.81. The summed E-state index contributed by atoms with van der Waals surface area (Å²) < 4.78 is 5.08. The van der Waals surface area contributed by atoms with Crippen molar-refractivity contribution >= 4 is 34.0 Å². The maximum absolute atomic E-state index is 12.4. The molecule has 1 aliphatic rings. The van der Waals surface area contributed by atoms with Gasteiger partial charge in [0.05, 0.1) is 17.4 Å². The average molecular weight is 367 g/mol. The predicted octanol–water partition coefficient (Wildman–Crippen LogP) is 3.91. The number of anilines is 2. The molecule has 2 amide bonds. The van der Waals surface area contributed by atoms with E-state index in [-0.39, 0.29) is 17.6 Å². The molecule has 26 heavy (non-hydrogen) atoms. The van der Waals surface area contributed by atoms with Crippen LogP contribution in [0.1, 0.15) is 30.0 Å². The van der Waals surface area contributed by atoms with E-state index >= 15 is 0 Å². The molecule has 0 unspecified atom stereocenters. The fourth-order valence-electron chi connectivity index (χ4n) is 3.16. The van der Waals surface area contributed by atoms with Crippen molar-refractivity contribution in [3.8, 4) is 11.3 Å². The smallest absolute Gasteiger partial charge is 0.293 e. The zero-order valence-corrected chi connectivity index (χ0v) is 15.4. The van der Waals surface area contributed by atoms with Gasteiger partial charge in [-0.3, -0.25) is 14.9 Å². The largest absolute Gasteiger partial charge is 0.459 e. The summed E-state index contributed by atoms with van der Waals surface area (Å²) in [6, 6.07) is 9.14. The standard InChI is InChI=1S/C19H17N3O3S/c1-19(2)12-9-11(6-7-14(12)22(3)17(19)24)13-10-26-18(20-13)21-16(23)15-5-4-8-25-15/h4-10H,1-3H3,(H,20,21,23). The van der Waals surface area contributed by atoms with Crippen molar-refractivity contribution in [2.75, 3.05) is 17.3 Å². The highest BCUT2D eigenvalue weighted by Crippen LogP contribution is 2.42. The third-order valence-electron chi connectivity index (χ3n) is 4.64. The van der Waals surface area contributed by atoms with Gasteiger partial charge in [0.1, 0.15) is 0 Å². The average Bonchev–Trinajstić information content (AvgIpc) is 3.34. The first-order valence-corrected chi connectivity index (χ1v) is 8.99. The van der Waals surface area contributed by atoms with Crippen LogP contribution < -0.4 is 10.2 Å². The van der Waals surface area contributed by atoms with Crippen LogP contribution in [0.2, 0.25) is 0 Å². The van der Waals surface area contributed by atoms with Crippen molar-refractivity contribution in [3.05, 3.63) is 53.3 Å². The van der Waals surface area contributed by atoms with Gasteiger partial charge in [-0.25, -0.2) is 4.98 Å². The minimum atomic E-state index is -0.563. The summed E-state index contributed by atoms with van der Waals surface area (Å²) in [6.07, 6.45) is 1.45. The summed E-state index contributed by atoms with van der Waals surface area (Å²) in [5.74, 6) is -0.0184. The molecule has 1 aliphatic heterocycles. The molecule has 7 heteroatoms. The highest BCUT2D eigenvalue weighted by Gasteiger charge is 2.42. The first-order valence-electron chi connectivity index (χ1n) is 8.11. The molecule has 6 nitrogen and oxygen atoms in total. The Morgan fingerprint density at radius 1 is 1.31 bits per heavy atom. The molecule has 1 aromatic carbocycles. The highest BCUT2D eigenvalue weighted by molar-refractivity contribution is 7.14. The summed E-state index contributed by atoms with van der Waals surface area (Å²) >= 11 is 1.34. The van der Waals surface area contributed by atoms with Crippen molar-refractivity contribution in [2.24, 2.45) is 0 Å². The van der Waals surface area contributed by atoms with Crippen LogP contribution >= 0.6 is 11.3 Å². The summed E-state index contributed by atoms with van der Waals surface area (Å²) in [4.78, 5) is 30.7. The molecule has 2 aromatic heterocycles. The van der Waals surface area contributed by atoms with Crippen LogP contribution in [0.25, 0.3) is 11.3 Å². The molecule has 132 valence electrons. The van der Waals surface area contributed by atoms with Crippen LogP contribution in [0.5, 0.6) is 0 Å². The van der Waals surface area contributed by atoms with Gasteiger partial charge in [-0.1, -0.05) is 6.07 Å². The summed E-state index contributed by atoms with van der Waals surface area (Å²) in [7, 11) is 1.79. The van der Waals surface area contributed by atoms with E-state index in [0.717, 1.165) is 22.5 Å². The van der Waals surface area contributed by atoms with Gasteiger partial charge in [-0.15, -0.1) is 11.3 Å². The van der Waals surface area contributed by atoms with Gasteiger partial charge >= 0.3 is 0 Å². The molecule has 0 spiro atoms. The van der Waals surface area contributed by atoms with Gasteiger partial charge in [0.2, 0.25) is 5.91 Å². The number of hydrogen-bond acceptors (Lipinski definition) is 5. The van der Waals surface area contributed by atoms with E-state index in [1.807, 2.05) is 37.4 Å². The molecule has 0 radical (unpaired) electrons. The number of carbonyl (C=O) groups is 2. The molecular formula is C19H17N3O3S. The van der Waals surface area contributed by atoms with Crippen molar-refractivity contribution in [1.82, 2.24) is 4.98 Å². The number of rotatable bonds is 3. The predicted molar refractivity (Wildman–Crippen MR) is 101 cm³/mol. The van der Waals surface area contributed by atoms with E-state index in [4.69, 9.17) is 4.42 Å². The van der Waals surface area contributed by atoms with Crippen molar-refractivity contribution in [3.63, 3.8) is 0 Å². The fraction of sp³-hybridized carbons (Fsp3) is 0.211. The molecule has 0 atom stereocenters. The topological polar surface area (TPSA) is 75.4 Å². The lowest BCUT2D eigenvalue weighted by atomic mass is 9.85. The van der Waals surface area contributed by atoms with E-state index in [9.17, 15) is 9.59 Å². The van der Waals surface area contributed by atoms with Crippen LogP contribution in [0.4, 0.5) is 10.8 Å². The minimum absolute atomic E-state index is 0.0781. The SMILES string of the molecule is CN1C(=O)C(C)(C)c2cc(-c3csc(NC(=O)c4ccco4)n3)ccc21. The second-order valence-electron chi connectivity index (χ2n) is 6.69. The van der Waals surface area contributed by atoms with Crippen LogP contribution in [-0.4, -0.2) is 23.8 Å². The van der Waals surface area contributed by atoms with Crippen molar-refractivity contribution in [1.29, 1.82) is 0 Å². The monoisotopic (exact) mass is 367 g/mol. The van der Waals surface area contributed by atoms with Crippen LogP contribution in [0.15, 0.2) is 46.4 Å². The summed E-state index contributed by atoms with van der Waals surface area (Å²) in [6.45, 7) is 3.86. The molecule has 0 saturated heterocycles. The number of thiazole rings is 1. The Balaban J connectivity index is 1.62. The Labute approximate surface area is 154 Å². The molecule has 3 heterocycles. The van der Waals surface area contributed by atoms with Crippen LogP contribution in [0, 0.1) is 0 Å². The number of nitrogens with zero attached hydrogens (tertiary/aromatic N) is 2. The molecule has 0 saturated carbocycles. The summed E-state index contributed by atoms with van der Waals surface area (Å²) in [5.41, 5.74) is 3.01. The Bertz CT molecular complexity index is 1000. The van der Waals surface area contributed by atoms with E-state index in [2.05, 4.69) is 10.3 Å². The zero-order chi connectivity index (χ0) is 18.5. The molecule has 0 bridgehead atoms. The maximum atomic E-state index is 12.4. The number of aromatic nitrogens is 1. The first kappa shape index (κ1) is 16.5. The molecule has 0 fully saturated rings. The van der Waals surface area contributed by atoms with Crippen LogP contribution in [-0.2, 0) is 10.2 Å². The highest BCUT2D eigenvalue weighted by atomic mass is 32.1. The molecule has 4 rings (SSSR count). The minimum Gasteiger partial charge on any atom is -0.459 e. The third-order valence-corrected chi connectivity index (χ3v) is 5.39. The van der Waals surface area contributed by atoms with Gasteiger partial charge in [0.15, 0.2) is 10.9 Å². The van der Waals surface area contributed by atoms with E-state index in [1.54, 1.807) is 24.1 Å². The van der Waals surface area contributed by atoms with Gasteiger partial charge in [0, 0.05) is 23.7 Å². The number of fused-ring (bicyclic) bond motifs is 1. The van der Waals surface area contributed by atoms with E-state index in [0.29, 0.717) is 5.13 Å². The lowest BCUT2D eigenvalue weighted by molar-refractivity contribution is -0.121. The van der Waals surface area contributed by atoms with Gasteiger partial charge in [0.25, 0.3) is 5.91 Å². The molecule has 0 aliphatic carbocycles. The number of nitrogens with one attached hydrogen (secondary N) is 1. The third kappa shape index (κ3) is 2.52.